The summed E-state index contributed by atoms with van der Waals surface area (Å²) in [7, 11) is 0. The summed E-state index contributed by atoms with van der Waals surface area (Å²) in [5.74, 6) is 0. The van der Waals surface area contributed by atoms with Gasteiger partial charge in [0, 0.05) is 6.42 Å². The maximum atomic E-state index is 5.29. The SMILES string of the molecule is CC(C)(C/C=C/CCO/N=C/c1ccccc1)CCc1ccccc1. The molecule has 0 heterocycles. The van der Waals surface area contributed by atoms with Gasteiger partial charge in [0.05, 0.1) is 6.21 Å². The lowest BCUT2D eigenvalue weighted by Gasteiger charge is -2.22. The van der Waals surface area contributed by atoms with E-state index in [-0.39, 0.29) is 0 Å². The first kappa shape index (κ1) is 19.0. The Morgan fingerprint density at radius 1 is 0.920 bits per heavy atom. The molecule has 0 saturated heterocycles. The summed E-state index contributed by atoms with van der Waals surface area (Å²) in [5, 5.41) is 3.99. The summed E-state index contributed by atoms with van der Waals surface area (Å²) in [6.45, 7) is 5.28. The molecular formula is C23H29NO. The van der Waals surface area contributed by atoms with Crippen molar-refractivity contribution in [1.29, 1.82) is 0 Å². The molecule has 0 spiro atoms. The third-order valence-electron chi connectivity index (χ3n) is 4.22. The number of oxime groups is 1. The number of nitrogens with zero attached hydrogens (tertiary/aromatic N) is 1. The highest BCUT2D eigenvalue weighted by Crippen LogP contribution is 2.27. The number of rotatable bonds is 10. The minimum absolute atomic E-state index is 0.318. The minimum Gasteiger partial charge on any atom is -0.395 e. The van der Waals surface area contributed by atoms with Crippen LogP contribution in [0.2, 0.25) is 0 Å². The van der Waals surface area contributed by atoms with E-state index in [0.717, 1.165) is 24.8 Å². The van der Waals surface area contributed by atoms with Crippen molar-refractivity contribution in [2.45, 2.75) is 39.5 Å². The first-order valence-electron chi connectivity index (χ1n) is 9.05. The average molecular weight is 335 g/mol. The maximum absolute atomic E-state index is 5.29. The summed E-state index contributed by atoms with van der Waals surface area (Å²) in [6, 6.07) is 20.7. The number of allylic oxidation sites excluding steroid dienone is 1. The van der Waals surface area contributed by atoms with E-state index in [1.54, 1.807) is 6.21 Å². The number of benzene rings is 2. The fraction of sp³-hybridized carbons (Fsp3) is 0.348. The molecule has 0 saturated carbocycles. The molecule has 0 aliphatic heterocycles. The second-order valence-corrected chi connectivity index (χ2v) is 7.09. The van der Waals surface area contributed by atoms with E-state index in [2.05, 4.69) is 61.5 Å². The molecule has 0 unspecified atom stereocenters. The van der Waals surface area contributed by atoms with Crippen LogP contribution < -0.4 is 0 Å². The van der Waals surface area contributed by atoms with Gasteiger partial charge >= 0.3 is 0 Å². The van der Waals surface area contributed by atoms with Gasteiger partial charge in [-0.05, 0) is 35.8 Å². The Hall–Kier alpha value is -2.35. The minimum atomic E-state index is 0.318. The van der Waals surface area contributed by atoms with Gasteiger partial charge in [0.2, 0.25) is 0 Å². The van der Waals surface area contributed by atoms with E-state index in [1.165, 1.54) is 12.0 Å². The Bertz CT molecular complexity index is 644. The molecule has 25 heavy (non-hydrogen) atoms. The van der Waals surface area contributed by atoms with Gasteiger partial charge in [-0.2, -0.15) is 0 Å². The van der Waals surface area contributed by atoms with Crippen molar-refractivity contribution in [2.24, 2.45) is 10.6 Å². The van der Waals surface area contributed by atoms with E-state index in [4.69, 9.17) is 4.84 Å². The smallest absolute Gasteiger partial charge is 0.120 e. The number of aryl methyl sites for hydroxylation is 1. The predicted molar refractivity (Wildman–Crippen MR) is 107 cm³/mol. The molecule has 2 rings (SSSR count). The van der Waals surface area contributed by atoms with E-state index in [0.29, 0.717) is 12.0 Å². The average Bonchev–Trinajstić information content (AvgIpc) is 2.64. The van der Waals surface area contributed by atoms with Crippen molar-refractivity contribution < 1.29 is 4.84 Å². The topological polar surface area (TPSA) is 21.6 Å². The highest BCUT2D eigenvalue weighted by molar-refractivity contribution is 5.78. The van der Waals surface area contributed by atoms with Crippen molar-refractivity contribution in [3.63, 3.8) is 0 Å². The van der Waals surface area contributed by atoms with Gasteiger partial charge in [0.1, 0.15) is 6.61 Å². The second-order valence-electron chi connectivity index (χ2n) is 7.09. The van der Waals surface area contributed by atoms with Crippen LogP contribution in [-0.4, -0.2) is 12.8 Å². The molecular weight excluding hydrogens is 306 g/mol. The fourth-order valence-electron chi connectivity index (χ4n) is 2.56. The van der Waals surface area contributed by atoms with Crippen LogP contribution in [0.3, 0.4) is 0 Å². The standard InChI is InChI=1S/C23H29NO/c1-23(2,18-16-21-12-6-3-7-13-21)17-10-5-11-19-25-24-20-22-14-8-4-9-15-22/h3-10,12-15,20H,11,16-19H2,1-2H3/b10-5+,24-20+. The van der Waals surface area contributed by atoms with Gasteiger partial charge in [0.15, 0.2) is 0 Å². The van der Waals surface area contributed by atoms with Gasteiger partial charge in [-0.3, -0.25) is 0 Å². The molecule has 0 fully saturated rings. The molecule has 0 radical (unpaired) electrons. The lowest BCUT2D eigenvalue weighted by atomic mass is 9.83. The molecule has 0 bridgehead atoms. The van der Waals surface area contributed by atoms with Gasteiger partial charge in [-0.25, -0.2) is 0 Å². The highest BCUT2D eigenvalue weighted by Gasteiger charge is 2.15. The summed E-state index contributed by atoms with van der Waals surface area (Å²) in [5.41, 5.74) is 2.79. The number of hydrogen-bond donors (Lipinski definition) is 0. The van der Waals surface area contributed by atoms with Gasteiger partial charge in [-0.1, -0.05) is 91.8 Å². The molecule has 2 nitrogen and oxygen atoms in total. The third-order valence-corrected chi connectivity index (χ3v) is 4.22. The Morgan fingerprint density at radius 3 is 2.32 bits per heavy atom. The molecule has 0 aromatic heterocycles. The molecule has 2 heteroatoms. The van der Waals surface area contributed by atoms with Crippen molar-refractivity contribution in [2.75, 3.05) is 6.61 Å². The third kappa shape index (κ3) is 8.35. The van der Waals surface area contributed by atoms with Crippen LogP contribution in [0.1, 0.15) is 44.2 Å². The van der Waals surface area contributed by atoms with Crippen LogP contribution in [0, 0.1) is 5.41 Å². The van der Waals surface area contributed by atoms with Crippen LogP contribution in [0.15, 0.2) is 78.0 Å². The van der Waals surface area contributed by atoms with Crippen LogP contribution in [0.25, 0.3) is 0 Å². The summed E-state index contributed by atoms with van der Waals surface area (Å²) in [4.78, 5) is 5.29. The van der Waals surface area contributed by atoms with E-state index < -0.39 is 0 Å². The van der Waals surface area contributed by atoms with Crippen molar-refractivity contribution in [3.05, 3.63) is 83.9 Å². The first-order valence-corrected chi connectivity index (χ1v) is 9.05. The quantitative estimate of drug-likeness (QED) is 0.225. The Morgan fingerprint density at radius 2 is 1.60 bits per heavy atom. The normalized spacial score (nSPS) is 12.1. The largest absolute Gasteiger partial charge is 0.395 e. The molecule has 0 atom stereocenters. The summed E-state index contributed by atoms with van der Waals surface area (Å²) in [6.07, 6.45) is 10.5. The zero-order chi connectivity index (χ0) is 17.8. The van der Waals surface area contributed by atoms with Gasteiger partial charge in [0.25, 0.3) is 0 Å². The molecule has 2 aromatic rings. The van der Waals surface area contributed by atoms with Crippen molar-refractivity contribution >= 4 is 6.21 Å². The molecule has 2 aromatic carbocycles. The van der Waals surface area contributed by atoms with Crippen LogP contribution in [0.4, 0.5) is 0 Å². The molecule has 0 aliphatic rings. The van der Waals surface area contributed by atoms with Gasteiger partial charge < -0.3 is 4.84 Å². The first-order chi connectivity index (χ1) is 12.2. The fourth-order valence-corrected chi connectivity index (χ4v) is 2.56. The van der Waals surface area contributed by atoms with E-state index in [1.807, 2.05) is 30.3 Å². The van der Waals surface area contributed by atoms with Crippen molar-refractivity contribution in [3.8, 4) is 0 Å². The Kier molecular flexibility index (Phi) is 7.97. The second kappa shape index (κ2) is 10.5. The van der Waals surface area contributed by atoms with Gasteiger partial charge in [-0.15, -0.1) is 0 Å². The van der Waals surface area contributed by atoms with E-state index >= 15 is 0 Å². The monoisotopic (exact) mass is 335 g/mol. The predicted octanol–water partition coefficient (Wildman–Crippen LogP) is 6.03. The lowest BCUT2D eigenvalue weighted by molar-refractivity contribution is 0.151. The Labute approximate surface area is 152 Å². The zero-order valence-corrected chi connectivity index (χ0v) is 15.4. The van der Waals surface area contributed by atoms with E-state index in [9.17, 15) is 0 Å². The Balaban J connectivity index is 1.59. The van der Waals surface area contributed by atoms with Crippen LogP contribution in [0.5, 0.6) is 0 Å². The van der Waals surface area contributed by atoms with Crippen molar-refractivity contribution in [1.82, 2.24) is 0 Å². The summed E-state index contributed by atoms with van der Waals surface area (Å²) >= 11 is 0. The van der Waals surface area contributed by atoms with Crippen LogP contribution in [-0.2, 0) is 11.3 Å². The lowest BCUT2D eigenvalue weighted by Crippen LogP contribution is -2.11. The highest BCUT2D eigenvalue weighted by atomic mass is 16.6. The molecule has 0 amide bonds. The molecule has 0 aliphatic carbocycles. The molecule has 0 N–H and O–H groups in total. The van der Waals surface area contributed by atoms with Crippen LogP contribution >= 0.6 is 0 Å². The summed E-state index contributed by atoms with van der Waals surface area (Å²) < 4.78 is 0. The molecule has 132 valence electrons. The maximum Gasteiger partial charge on any atom is 0.120 e. The zero-order valence-electron chi connectivity index (χ0n) is 15.4. The number of hydrogen-bond acceptors (Lipinski definition) is 2.